The Labute approximate surface area is 267 Å². The Kier molecular flexibility index (Phi) is 10.3. The van der Waals surface area contributed by atoms with Crippen molar-refractivity contribution in [3.8, 4) is 0 Å². The minimum Gasteiger partial charge on any atom is -0.455 e. The molecule has 3 amide bonds. The summed E-state index contributed by atoms with van der Waals surface area (Å²) in [6, 6.07) is 7.02. The second kappa shape index (κ2) is 13.5. The Morgan fingerprint density at radius 1 is 1.18 bits per heavy atom. The van der Waals surface area contributed by atoms with Gasteiger partial charge in [-0.3, -0.25) is 19.2 Å². The lowest BCUT2D eigenvalue weighted by atomic mass is 9.70. The molecule has 246 valence electrons. The zero-order valence-corrected chi connectivity index (χ0v) is 27.5. The Morgan fingerprint density at radius 2 is 1.84 bits per heavy atom. The fraction of sp³-hybridized carbons (Fsp3) is 0.600. The molecule has 0 aromatic heterocycles. The highest BCUT2D eigenvalue weighted by Crippen LogP contribution is 2.59. The molecular weight excluding hydrogens is 574 g/mol. The van der Waals surface area contributed by atoms with Crippen LogP contribution in [-0.2, 0) is 28.7 Å². The number of carbonyl (C=O) groups is 4. The summed E-state index contributed by atoms with van der Waals surface area (Å²) in [5.41, 5.74) is -1.10. The number of hydrogen-bond acceptors (Lipinski definition) is 7. The van der Waals surface area contributed by atoms with Crippen molar-refractivity contribution < 1.29 is 33.8 Å². The minimum absolute atomic E-state index is 0.106. The number of nitrogens with zero attached hydrogens (tertiary/aromatic N) is 3. The molecule has 4 rings (SSSR count). The second-order valence-corrected chi connectivity index (χ2v) is 13.6. The van der Waals surface area contributed by atoms with Gasteiger partial charge in [-0.1, -0.05) is 42.5 Å². The van der Waals surface area contributed by atoms with Crippen molar-refractivity contribution in [3.05, 3.63) is 61.2 Å². The third-order valence-electron chi connectivity index (χ3n) is 9.75. The molecule has 0 unspecified atom stereocenters. The number of fused-ring (bicyclic) bond motifs is 1. The molecule has 45 heavy (non-hydrogen) atoms. The highest BCUT2D eigenvalue weighted by Gasteiger charge is 2.75. The predicted molar refractivity (Wildman–Crippen MR) is 170 cm³/mol. The van der Waals surface area contributed by atoms with Crippen LogP contribution in [0.5, 0.6) is 0 Å². The average molecular weight is 624 g/mol. The molecule has 1 aromatic carbocycles. The smallest absolute Gasteiger partial charge is 0.313 e. The zero-order valence-electron chi connectivity index (χ0n) is 27.5. The van der Waals surface area contributed by atoms with Crippen LogP contribution >= 0.6 is 0 Å². The van der Waals surface area contributed by atoms with Gasteiger partial charge in [0.25, 0.3) is 0 Å². The first-order chi connectivity index (χ1) is 21.2. The SMILES string of the molecule is C=CCCC(=O)N(C)[C@H](C)[C@H](OC(=O)[C@@H]1[C@@H]2CC[C@]3(O2)[C@H](C(=O)N(CC=C)C(C)(C)C)N([C@H](C)CO)C(=O)[C@@H]13)c1ccccc1. The quantitative estimate of drug-likeness (QED) is 0.263. The number of aliphatic hydroxyl groups is 1. The Balaban J connectivity index is 1.70. The first-order valence-corrected chi connectivity index (χ1v) is 15.9. The molecule has 3 aliphatic heterocycles. The first-order valence-electron chi connectivity index (χ1n) is 15.9. The Hall–Kier alpha value is -3.50. The fourth-order valence-corrected chi connectivity index (χ4v) is 7.30. The molecule has 0 radical (unpaired) electrons. The van der Waals surface area contributed by atoms with Crippen molar-refractivity contribution in [2.24, 2.45) is 11.8 Å². The molecule has 1 aromatic rings. The van der Waals surface area contributed by atoms with Gasteiger partial charge in [-0.05, 0) is 59.4 Å². The van der Waals surface area contributed by atoms with E-state index in [1.54, 1.807) is 35.9 Å². The fourth-order valence-electron chi connectivity index (χ4n) is 7.30. The maximum atomic E-state index is 14.4. The minimum atomic E-state index is -1.23. The molecule has 0 saturated carbocycles. The molecule has 8 atom stereocenters. The lowest BCUT2D eigenvalue weighted by Crippen LogP contribution is -2.61. The van der Waals surface area contributed by atoms with E-state index >= 15 is 0 Å². The van der Waals surface area contributed by atoms with Crippen molar-refractivity contribution in [1.29, 1.82) is 0 Å². The van der Waals surface area contributed by atoms with Gasteiger partial charge in [0, 0.05) is 25.6 Å². The number of hydrogen-bond donors (Lipinski definition) is 1. The van der Waals surface area contributed by atoms with Crippen LogP contribution in [0.15, 0.2) is 55.6 Å². The van der Waals surface area contributed by atoms with Crippen LogP contribution in [0.2, 0.25) is 0 Å². The number of allylic oxidation sites excluding steroid dienone is 1. The van der Waals surface area contributed by atoms with Gasteiger partial charge in [0.05, 0.1) is 36.6 Å². The van der Waals surface area contributed by atoms with Gasteiger partial charge < -0.3 is 29.3 Å². The van der Waals surface area contributed by atoms with Crippen LogP contribution in [0.3, 0.4) is 0 Å². The standard InChI is InChI=1S/C35H49N3O7/c1-9-11-17-26(40)36(8)23(4)29(24-15-13-12-14-16-24)44-33(43)27-25-18-19-35(45-25)28(27)31(41)38(22(3)21-39)30(35)32(42)37(20-10-2)34(5,6)7/h9-10,12-16,22-23,25,27-30,39H,1-2,11,17-21H2,3-8H3/t22-,23-,25+,27-,28-,29+,30+,35-/m1/s1. The van der Waals surface area contributed by atoms with Gasteiger partial charge >= 0.3 is 5.97 Å². The monoisotopic (exact) mass is 623 g/mol. The van der Waals surface area contributed by atoms with Crippen LogP contribution < -0.4 is 0 Å². The van der Waals surface area contributed by atoms with Crippen LogP contribution in [0.4, 0.5) is 0 Å². The van der Waals surface area contributed by atoms with Gasteiger partial charge in [0.1, 0.15) is 17.7 Å². The lowest BCUT2D eigenvalue weighted by Gasteiger charge is -2.43. The molecule has 3 saturated heterocycles. The topological polar surface area (TPSA) is 117 Å². The van der Waals surface area contributed by atoms with Gasteiger partial charge in [0.15, 0.2) is 0 Å². The molecule has 3 fully saturated rings. The number of aliphatic hydroxyl groups excluding tert-OH is 1. The van der Waals surface area contributed by atoms with Crippen LogP contribution in [0.25, 0.3) is 0 Å². The highest BCUT2D eigenvalue weighted by molar-refractivity contribution is 5.98. The van der Waals surface area contributed by atoms with Crippen LogP contribution in [0, 0.1) is 11.8 Å². The van der Waals surface area contributed by atoms with Gasteiger partial charge in [0.2, 0.25) is 17.7 Å². The maximum absolute atomic E-state index is 14.4. The summed E-state index contributed by atoms with van der Waals surface area (Å²) in [5, 5.41) is 10.2. The number of likely N-dealkylation sites (tertiary alicyclic amines) is 1. The average Bonchev–Trinajstić information content (AvgIpc) is 3.66. The zero-order chi connectivity index (χ0) is 33.3. The molecule has 10 nitrogen and oxygen atoms in total. The van der Waals surface area contributed by atoms with Gasteiger partial charge in [-0.2, -0.15) is 0 Å². The van der Waals surface area contributed by atoms with Crippen LogP contribution in [0.1, 0.15) is 72.0 Å². The molecule has 1 N–H and O–H groups in total. The number of esters is 1. The molecule has 10 heteroatoms. The molecule has 3 aliphatic rings. The van der Waals surface area contributed by atoms with Crippen molar-refractivity contribution in [3.63, 3.8) is 0 Å². The lowest BCUT2D eigenvalue weighted by molar-refractivity contribution is -0.165. The number of rotatable bonds is 13. The van der Waals surface area contributed by atoms with E-state index in [-0.39, 0.29) is 31.4 Å². The van der Waals surface area contributed by atoms with E-state index in [0.717, 1.165) is 0 Å². The molecular formula is C35H49N3O7. The van der Waals surface area contributed by atoms with E-state index < -0.39 is 65.2 Å². The summed E-state index contributed by atoms with van der Waals surface area (Å²) in [4.78, 5) is 60.5. The van der Waals surface area contributed by atoms with Crippen molar-refractivity contribution in [2.45, 2.75) is 102 Å². The van der Waals surface area contributed by atoms with E-state index in [9.17, 15) is 24.3 Å². The van der Waals surface area contributed by atoms with E-state index in [2.05, 4.69) is 13.2 Å². The van der Waals surface area contributed by atoms with E-state index in [1.165, 1.54) is 4.90 Å². The third-order valence-corrected chi connectivity index (χ3v) is 9.75. The molecule has 3 heterocycles. The van der Waals surface area contributed by atoms with Crippen molar-refractivity contribution in [1.82, 2.24) is 14.7 Å². The molecule has 2 bridgehead atoms. The highest BCUT2D eigenvalue weighted by atomic mass is 16.6. The van der Waals surface area contributed by atoms with E-state index in [0.29, 0.717) is 24.8 Å². The number of likely N-dealkylation sites (N-methyl/N-ethyl adjacent to an activating group) is 1. The summed E-state index contributed by atoms with van der Waals surface area (Å²) in [6.45, 7) is 16.7. The van der Waals surface area contributed by atoms with Gasteiger partial charge in [-0.25, -0.2) is 0 Å². The summed E-state index contributed by atoms with van der Waals surface area (Å²) < 4.78 is 12.8. The van der Waals surface area contributed by atoms with E-state index in [4.69, 9.17) is 9.47 Å². The second-order valence-electron chi connectivity index (χ2n) is 13.6. The summed E-state index contributed by atoms with van der Waals surface area (Å²) in [5.74, 6) is -3.30. The number of benzene rings is 1. The van der Waals surface area contributed by atoms with Gasteiger partial charge in [-0.15, -0.1) is 13.2 Å². The summed E-state index contributed by atoms with van der Waals surface area (Å²) >= 11 is 0. The third kappa shape index (κ3) is 6.19. The van der Waals surface area contributed by atoms with Crippen LogP contribution in [-0.4, -0.2) is 99.1 Å². The Morgan fingerprint density at radius 3 is 2.42 bits per heavy atom. The largest absolute Gasteiger partial charge is 0.455 e. The first kappa shape index (κ1) is 34.4. The molecule has 0 aliphatic carbocycles. The number of carbonyl (C=O) groups excluding carboxylic acids is 4. The normalized spacial score (nSPS) is 27.4. The summed E-state index contributed by atoms with van der Waals surface area (Å²) in [6.07, 6.45) is 3.64. The maximum Gasteiger partial charge on any atom is 0.313 e. The van der Waals surface area contributed by atoms with E-state index in [1.807, 2.05) is 58.0 Å². The summed E-state index contributed by atoms with van der Waals surface area (Å²) in [7, 11) is 1.69. The van der Waals surface area contributed by atoms with Crippen molar-refractivity contribution in [2.75, 3.05) is 20.2 Å². The number of amides is 3. The predicted octanol–water partition coefficient (Wildman–Crippen LogP) is 3.65. The van der Waals surface area contributed by atoms with Crippen molar-refractivity contribution >= 4 is 23.7 Å². The Bertz CT molecular complexity index is 1290. The number of ether oxygens (including phenoxy) is 2. The molecule has 1 spiro atoms.